The van der Waals surface area contributed by atoms with Crippen LogP contribution in [0.4, 0.5) is 10.5 Å². The number of amides is 3. The Balaban J connectivity index is 1.52. The van der Waals surface area contributed by atoms with E-state index in [-0.39, 0.29) is 18.0 Å². The van der Waals surface area contributed by atoms with E-state index >= 15 is 0 Å². The lowest BCUT2D eigenvalue weighted by atomic mass is 9.95. The number of urea groups is 1. The number of nitrogens with zero attached hydrogens (tertiary/aromatic N) is 2. The molecule has 0 radical (unpaired) electrons. The number of ether oxygens (including phenoxy) is 1. The van der Waals surface area contributed by atoms with Crippen LogP contribution in [-0.2, 0) is 16.2 Å². The van der Waals surface area contributed by atoms with Gasteiger partial charge in [-0.15, -0.1) is 11.8 Å². The Kier molecular flexibility index (Phi) is 6.18. The molecule has 1 spiro atoms. The van der Waals surface area contributed by atoms with E-state index in [1.54, 1.807) is 16.9 Å². The van der Waals surface area contributed by atoms with Gasteiger partial charge in [0.15, 0.2) is 4.87 Å². The van der Waals surface area contributed by atoms with Gasteiger partial charge in [0.1, 0.15) is 5.75 Å². The van der Waals surface area contributed by atoms with Crippen LogP contribution in [0.15, 0.2) is 42.5 Å². The van der Waals surface area contributed by atoms with E-state index < -0.39 is 4.87 Å². The number of carbonyl (C=O) groups excluding carboxylic acids is 2. The maximum atomic E-state index is 14.1. The lowest BCUT2D eigenvalue weighted by Gasteiger charge is -2.35. The van der Waals surface area contributed by atoms with E-state index in [4.69, 9.17) is 16.3 Å². The van der Waals surface area contributed by atoms with Crippen molar-refractivity contribution in [1.29, 1.82) is 0 Å². The predicted octanol–water partition coefficient (Wildman–Crippen LogP) is 5.14. The fourth-order valence-corrected chi connectivity index (χ4v) is 6.82. The Morgan fingerprint density at radius 3 is 2.76 bits per heavy atom. The molecule has 3 aliphatic rings. The smallest absolute Gasteiger partial charge is 0.319 e. The zero-order chi connectivity index (χ0) is 23.0. The maximum absolute atomic E-state index is 14.1. The lowest BCUT2D eigenvalue weighted by Crippen LogP contribution is -2.55. The number of halogens is 1. The summed E-state index contributed by atoms with van der Waals surface area (Å²) < 4.78 is 5.49. The number of hydrogen-bond donors (Lipinski definition) is 1. The molecule has 2 aromatic rings. The van der Waals surface area contributed by atoms with Crippen molar-refractivity contribution in [2.45, 2.75) is 49.6 Å². The van der Waals surface area contributed by atoms with Gasteiger partial charge in [-0.2, -0.15) is 0 Å². The summed E-state index contributed by atoms with van der Waals surface area (Å²) >= 11 is 7.95. The van der Waals surface area contributed by atoms with Gasteiger partial charge in [-0.25, -0.2) is 4.79 Å². The summed E-state index contributed by atoms with van der Waals surface area (Å²) in [6.45, 7) is 0.865. The molecule has 0 bridgehead atoms. The first kappa shape index (κ1) is 22.4. The molecule has 1 saturated heterocycles. The van der Waals surface area contributed by atoms with Crippen LogP contribution >= 0.6 is 23.4 Å². The predicted molar refractivity (Wildman–Crippen MR) is 132 cm³/mol. The van der Waals surface area contributed by atoms with Crippen LogP contribution in [0.3, 0.4) is 0 Å². The van der Waals surface area contributed by atoms with Crippen molar-refractivity contribution in [3.63, 3.8) is 0 Å². The molecule has 0 aromatic heterocycles. The van der Waals surface area contributed by atoms with Crippen LogP contribution in [0.25, 0.3) is 0 Å². The van der Waals surface area contributed by atoms with Crippen LogP contribution in [0, 0.1) is 0 Å². The number of hydrogen-bond acceptors (Lipinski definition) is 4. The van der Waals surface area contributed by atoms with E-state index in [0.29, 0.717) is 29.6 Å². The Morgan fingerprint density at radius 2 is 2.00 bits per heavy atom. The minimum atomic E-state index is -1.09. The van der Waals surface area contributed by atoms with Crippen LogP contribution in [0.2, 0.25) is 5.02 Å². The first-order valence-electron chi connectivity index (χ1n) is 11.5. The quantitative estimate of drug-likeness (QED) is 0.651. The highest BCUT2D eigenvalue weighted by atomic mass is 35.5. The van der Waals surface area contributed by atoms with Crippen molar-refractivity contribution in [2.24, 2.45) is 0 Å². The number of anilines is 1. The zero-order valence-electron chi connectivity index (χ0n) is 18.7. The van der Waals surface area contributed by atoms with Gasteiger partial charge in [0.05, 0.1) is 19.3 Å². The molecule has 6 nitrogen and oxygen atoms in total. The monoisotopic (exact) mass is 485 g/mol. The van der Waals surface area contributed by atoms with E-state index in [1.165, 1.54) is 18.2 Å². The van der Waals surface area contributed by atoms with Gasteiger partial charge < -0.3 is 15.0 Å². The Morgan fingerprint density at radius 1 is 1.21 bits per heavy atom. The van der Waals surface area contributed by atoms with Gasteiger partial charge in [0, 0.05) is 28.9 Å². The molecule has 5 rings (SSSR count). The summed E-state index contributed by atoms with van der Waals surface area (Å²) in [7, 11) is 1.61. The van der Waals surface area contributed by atoms with Crippen LogP contribution in [0.1, 0.15) is 43.2 Å². The fourth-order valence-electron chi connectivity index (χ4n) is 5.17. The van der Waals surface area contributed by atoms with Gasteiger partial charge in [-0.3, -0.25) is 9.69 Å². The Bertz CT molecular complexity index is 1070. The van der Waals surface area contributed by atoms with Crippen molar-refractivity contribution >= 4 is 41.0 Å². The average Bonchev–Trinajstić information content (AvgIpc) is 3.38. The fraction of sp³-hybridized carbons (Fsp3) is 0.440. The highest BCUT2D eigenvalue weighted by Crippen LogP contribution is 2.55. The number of benzene rings is 2. The Hall–Kier alpha value is -2.38. The molecular formula is C25H28ClN3O3S. The first-order chi connectivity index (χ1) is 16.0. The van der Waals surface area contributed by atoms with Gasteiger partial charge in [-0.05, 0) is 42.7 Å². The molecule has 1 aliphatic carbocycles. The first-order valence-corrected chi connectivity index (χ1v) is 12.9. The van der Waals surface area contributed by atoms with Gasteiger partial charge >= 0.3 is 6.03 Å². The van der Waals surface area contributed by atoms with Crippen molar-refractivity contribution in [3.05, 3.63) is 58.6 Å². The third-order valence-corrected chi connectivity index (χ3v) is 8.65. The molecule has 33 heavy (non-hydrogen) atoms. The number of rotatable bonds is 4. The summed E-state index contributed by atoms with van der Waals surface area (Å²) in [5.41, 5.74) is 2.47. The van der Waals surface area contributed by atoms with E-state index in [2.05, 4.69) is 5.32 Å². The molecular weight excluding hydrogens is 458 g/mol. The normalized spacial score (nSPS) is 22.7. The molecule has 2 aliphatic heterocycles. The van der Waals surface area contributed by atoms with Gasteiger partial charge in [0.25, 0.3) is 5.91 Å². The van der Waals surface area contributed by atoms with Crippen LogP contribution in [0.5, 0.6) is 5.75 Å². The average molecular weight is 486 g/mol. The summed E-state index contributed by atoms with van der Waals surface area (Å²) in [6, 6.07) is 13.2. The summed E-state index contributed by atoms with van der Waals surface area (Å²) in [6.07, 6.45) is 5.48. The van der Waals surface area contributed by atoms with E-state index in [1.807, 2.05) is 42.5 Å². The van der Waals surface area contributed by atoms with Gasteiger partial charge in [0.2, 0.25) is 0 Å². The third-order valence-electron chi connectivity index (χ3n) is 6.86. The Labute approximate surface area is 203 Å². The molecule has 2 heterocycles. The number of methoxy groups -OCH3 is 1. The number of nitrogens with one attached hydrogen (secondary N) is 1. The molecule has 0 unspecified atom stereocenters. The number of carbonyl (C=O) groups is 2. The molecule has 1 atom stereocenters. The largest absolute Gasteiger partial charge is 0.497 e. The maximum Gasteiger partial charge on any atom is 0.319 e. The second-order valence-electron chi connectivity index (χ2n) is 8.79. The molecule has 8 heteroatoms. The summed E-state index contributed by atoms with van der Waals surface area (Å²) in [4.78, 5) is 30.0. The minimum absolute atomic E-state index is 0.105. The molecule has 174 valence electrons. The van der Waals surface area contributed by atoms with Crippen molar-refractivity contribution < 1.29 is 14.3 Å². The van der Waals surface area contributed by atoms with E-state index in [9.17, 15) is 9.59 Å². The summed E-state index contributed by atoms with van der Waals surface area (Å²) in [5.74, 6) is 1.26. The minimum Gasteiger partial charge on any atom is -0.497 e. The zero-order valence-corrected chi connectivity index (χ0v) is 20.3. The second kappa shape index (κ2) is 9.11. The number of fused-ring (bicyclic) bond motifs is 2. The SMILES string of the molecule is COc1ccc2c(c1)[C@@]1(SCCN1C(=O)NC1CCCCC1)C(=O)N2Cc1ccccc1Cl. The molecule has 3 amide bonds. The molecule has 1 saturated carbocycles. The molecule has 1 N–H and O–H groups in total. The van der Waals surface area contributed by atoms with Gasteiger partial charge in [-0.1, -0.05) is 49.1 Å². The number of thioether (sulfide) groups is 1. The van der Waals surface area contributed by atoms with Crippen LogP contribution in [-0.4, -0.2) is 42.3 Å². The topological polar surface area (TPSA) is 61.9 Å². The van der Waals surface area contributed by atoms with Crippen molar-refractivity contribution in [2.75, 3.05) is 24.3 Å². The standard InChI is InChI=1S/C25H28ClN3O3S/c1-32-19-11-12-22-20(15-19)25(23(30)28(22)16-17-7-5-6-10-21(17)26)29(13-14-33-25)24(31)27-18-8-3-2-4-9-18/h5-7,10-12,15,18H,2-4,8-9,13-14,16H2,1H3,(H,27,31)/t25-/m1/s1. The van der Waals surface area contributed by atoms with Crippen molar-refractivity contribution in [1.82, 2.24) is 10.2 Å². The highest BCUT2D eigenvalue weighted by Gasteiger charge is 2.59. The van der Waals surface area contributed by atoms with Crippen LogP contribution < -0.4 is 15.0 Å². The lowest BCUT2D eigenvalue weighted by molar-refractivity contribution is -0.123. The van der Waals surface area contributed by atoms with Crippen molar-refractivity contribution in [3.8, 4) is 5.75 Å². The van der Waals surface area contributed by atoms with E-state index in [0.717, 1.165) is 42.5 Å². The summed E-state index contributed by atoms with van der Waals surface area (Å²) in [5, 5.41) is 3.83. The third kappa shape index (κ3) is 3.85. The molecule has 2 fully saturated rings. The second-order valence-corrected chi connectivity index (χ2v) is 10.5. The highest BCUT2D eigenvalue weighted by molar-refractivity contribution is 8.01. The molecule has 2 aromatic carbocycles.